The van der Waals surface area contributed by atoms with Crippen molar-refractivity contribution in [1.29, 1.82) is 0 Å². The van der Waals surface area contributed by atoms with Crippen LogP contribution in [0.4, 0.5) is 18.9 Å². The number of benzene rings is 1. The van der Waals surface area contributed by atoms with E-state index >= 15 is 0 Å². The summed E-state index contributed by atoms with van der Waals surface area (Å²) in [7, 11) is 0. The third kappa shape index (κ3) is 4.04. The van der Waals surface area contributed by atoms with Gasteiger partial charge in [-0.25, -0.2) is 4.90 Å². The molecule has 1 aromatic rings. The summed E-state index contributed by atoms with van der Waals surface area (Å²) in [6, 6.07) is 3.39. The number of piperidine rings is 1. The minimum absolute atomic E-state index is 0.0914. The van der Waals surface area contributed by atoms with E-state index < -0.39 is 29.6 Å². The van der Waals surface area contributed by atoms with Crippen molar-refractivity contribution in [3.8, 4) is 0 Å². The van der Waals surface area contributed by atoms with Crippen molar-refractivity contribution >= 4 is 23.5 Å². The van der Waals surface area contributed by atoms with Crippen molar-refractivity contribution in [3.05, 3.63) is 29.8 Å². The molecule has 0 saturated carbocycles. The zero-order valence-corrected chi connectivity index (χ0v) is 15.4. The Morgan fingerprint density at radius 3 is 2.71 bits per heavy atom. The normalized spacial score (nSPS) is 23.9. The lowest BCUT2D eigenvalue weighted by molar-refractivity contribution is -0.150. The fourth-order valence-corrected chi connectivity index (χ4v) is 3.74. The van der Waals surface area contributed by atoms with E-state index in [-0.39, 0.29) is 30.6 Å². The summed E-state index contributed by atoms with van der Waals surface area (Å²) >= 11 is 0. The molecule has 0 unspecified atom stereocenters. The van der Waals surface area contributed by atoms with Crippen LogP contribution in [0.25, 0.3) is 0 Å². The van der Waals surface area contributed by atoms with Crippen LogP contribution in [0.5, 0.6) is 0 Å². The van der Waals surface area contributed by atoms with Gasteiger partial charge in [0.15, 0.2) is 0 Å². The molecule has 2 atom stereocenters. The van der Waals surface area contributed by atoms with Crippen molar-refractivity contribution in [2.45, 2.75) is 38.4 Å². The number of nitrogens with zero attached hydrogens (tertiary/aromatic N) is 2. The Morgan fingerprint density at radius 2 is 2.04 bits per heavy atom. The van der Waals surface area contributed by atoms with Crippen LogP contribution in [0.1, 0.15) is 31.7 Å². The van der Waals surface area contributed by atoms with Gasteiger partial charge in [0.1, 0.15) is 0 Å². The highest BCUT2D eigenvalue weighted by Gasteiger charge is 2.45. The summed E-state index contributed by atoms with van der Waals surface area (Å²) in [5.74, 6) is -1.82. The van der Waals surface area contributed by atoms with Crippen LogP contribution in [-0.2, 0) is 25.3 Å². The molecule has 2 aliphatic rings. The summed E-state index contributed by atoms with van der Waals surface area (Å²) in [5, 5.41) is 0. The summed E-state index contributed by atoms with van der Waals surface area (Å²) in [6.45, 7) is 2.80. The lowest BCUT2D eigenvalue weighted by Gasteiger charge is -2.34. The number of carbonyl (C=O) groups excluding carboxylic acids is 3. The second kappa shape index (κ2) is 7.90. The fraction of sp³-hybridized carbons (Fsp3) is 0.526. The first-order chi connectivity index (χ1) is 13.2. The van der Waals surface area contributed by atoms with E-state index in [1.165, 1.54) is 12.1 Å². The second-order valence-corrected chi connectivity index (χ2v) is 6.92. The molecule has 0 spiro atoms. The maximum absolute atomic E-state index is 13.0. The fourth-order valence-electron chi connectivity index (χ4n) is 3.74. The molecule has 0 N–H and O–H groups in total. The Morgan fingerprint density at radius 1 is 1.29 bits per heavy atom. The molecule has 2 fully saturated rings. The molecular formula is C19H21F3N2O4. The van der Waals surface area contributed by atoms with Gasteiger partial charge in [0.05, 0.1) is 36.2 Å². The number of amides is 2. The maximum atomic E-state index is 13.0. The third-order valence-corrected chi connectivity index (χ3v) is 5.07. The van der Waals surface area contributed by atoms with Gasteiger partial charge in [0.2, 0.25) is 5.91 Å². The highest BCUT2D eigenvalue weighted by Crippen LogP contribution is 2.34. The van der Waals surface area contributed by atoms with Gasteiger partial charge >= 0.3 is 12.1 Å². The summed E-state index contributed by atoms with van der Waals surface area (Å²) < 4.78 is 43.9. The molecule has 2 heterocycles. The number of likely N-dealkylation sites (tertiary alicyclic amines) is 1. The first-order valence-corrected chi connectivity index (χ1v) is 9.17. The van der Waals surface area contributed by atoms with Gasteiger partial charge in [-0.3, -0.25) is 19.3 Å². The molecule has 0 aromatic heterocycles. The Kier molecular flexibility index (Phi) is 5.74. The highest BCUT2D eigenvalue weighted by atomic mass is 19.4. The molecule has 1 aromatic carbocycles. The SMILES string of the molecule is CCOC(=O)[C@@H]1CCCN([C@@H]2CC(=O)N(c3cccc(C(F)(F)F)c3)C2=O)C1. The number of halogens is 3. The lowest BCUT2D eigenvalue weighted by atomic mass is 9.96. The van der Waals surface area contributed by atoms with Gasteiger partial charge in [-0.2, -0.15) is 13.2 Å². The van der Waals surface area contributed by atoms with Crippen molar-refractivity contribution in [1.82, 2.24) is 4.90 Å². The number of esters is 1. The van der Waals surface area contributed by atoms with Gasteiger partial charge in [-0.05, 0) is 44.5 Å². The van der Waals surface area contributed by atoms with Gasteiger partial charge < -0.3 is 4.74 Å². The van der Waals surface area contributed by atoms with Gasteiger partial charge in [-0.1, -0.05) is 6.07 Å². The topological polar surface area (TPSA) is 66.9 Å². The molecule has 6 nitrogen and oxygen atoms in total. The Labute approximate surface area is 160 Å². The predicted molar refractivity (Wildman–Crippen MR) is 93.3 cm³/mol. The monoisotopic (exact) mass is 398 g/mol. The van der Waals surface area contributed by atoms with Gasteiger partial charge in [0.25, 0.3) is 5.91 Å². The molecule has 28 heavy (non-hydrogen) atoms. The van der Waals surface area contributed by atoms with E-state index in [0.29, 0.717) is 25.9 Å². The molecule has 0 radical (unpaired) electrons. The number of hydrogen-bond donors (Lipinski definition) is 0. The average Bonchev–Trinajstić information content (AvgIpc) is 2.96. The molecule has 0 aliphatic carbocycles. The van der Waals surface area contributed by atoms with Crippen molar-refractivity contribution in [2.75, 3.05) is 24.6 Å². The largest absolute Gasteiger partial charge is 0.466 e. The summed E-state index contributed by atoms with van der Waals surface area (Å²) in [6.07, 6.45) is -3.38. The zero-order chi connectivity index (χ0) is 20.5. The number of alkyl halides is 3. The third-order valence-electron chi connectivity index (χ3n) is 5.07. The Balaban J connectivity index is 1.78. The zero-order valence-electron chi connectivity index (χ0n) is 15.4. The van der Waals surface area contributed by atoms with Crippen LogP contribution in [0.2, 0.25) is 0 Å². The first-order valence-electron chi connectivity index (χ1n) is 9.17. The Hall–Kier alpha value is -2.42. The van der Waals surface area contributed by atoms with Crippen molar-refractivity contribution in [2.24, 2.45) is 5.92 Å². The van der Waals surface area contributed by atoms with E-state index in [1.54, 1.807) is 11.8 Å². The number of hydrogen-bond acceptors (Lipinski definition) is 5. The maximum Gasteiger partial charge on any atom is 0.416 e. The standard InChI is InChI=1S/C19H21F3N2O4/c1-2-28-18(27)12-5-4-8-23(11-12)15-10-16(25)24(17(15)26)14-7-3-6-13(9-14)19(20,21)22/h3,6-7,9,12,15H,2,4-5,8,10-11H2,1H3/t12-,15-/m1/s1. The molecule has 2 amide bonds. The van der Waals surface area contributed by atoms with Crippen LogP contribution >= 0.6 is 0 Å². The number of carbonyl (C=O) groups is 3. The molecule has 152 valence electrons. The number of imide groups is 1. The second-order valence-electron chi connectivity index (χ2n) is 6.92. The molecule has 3 rings (SSSR count). The van der Waals surface area contributed by atoms with Crippen molar-refractivity contribution < 1.29 is 32.3 Å². The van der Waals surface area contributed by atoms with Crippen LogP contribution in [0.15, 0.2) is 24.3 Å². The quantitative estimate of drug-likeness (QED) is 0.576. The van der Waals surface area contributed by atoms with E-state index in [1.807, 2.05) is 0 Å². The van der Waals surface area contributed by atoms with Crippen molar-refractivity contribution in [3.63, 3.8) is 0 Å². The Bertz CT molecular complexity index is 781. The van der Waals surface area contributed by atoms with Gasteiger partial charge in [-0.15, -0.1) is 0 Å². The van der Waals surface area contributed by atoms with Crippen LogP contribution < -0.4 is 4.90 Å². The average molecular weight is 398 g/mol. The predicted octanol–water partition coefficient (Wildman–Crippen LogP) is 2.61. The molecular weight excluding hydrogens is 377 g/mol. The minimum atomic E-state index is -4.57. The van der Waals surface area contributed by atoms with Crippen LogP contribution in [0, 0.1) is 5.92 Å². The van der Waals surface area contributed by atoms with E-state index in [4.69, 9.17) is 4.74 Å². The van der Waals surface area contributed by atoms with E-state index in [0.717, 1.165) is 17.0 Å². The number of anilines is 1. The smallest absolute Gasteiger partial charge is 0.416 e. The number of ether oxygens (including phenoxy) is 1. The molecule has 0 bridgehead atoms. The first kappa shape index (κ1) is 20.3. The van der Waals surface area contributed by atoms with Crippen LogP contribution in [-0.4, -0.2) is 48.4 Å². The van der Waals surface area contributed by atoms with Gasteiger partial charge in [0, 0.05) is 6.54 Å². The minimum Gasteiger partial charge on any atom is -0.466 e. The summed E-state index contributed by atoms with van der Waals surface area (Å²) in [4.78, 5) is 39.8. The lowest BCUT2D eigenvalue weighted by Crippen LogP contribution is -2.48. The summed E-state index contributed by atoms with van der Waals surface area (Å²) in [5.41, 5.74) is -1.01. The van der Waals surface area contributed by atoms with E-state index in [9.17, 15) is 27.6 Å². The number of rotatable bonds is 4. The highest BCUT2D eigenvalue weighted by molar-refractivity contribution is 6.22. The molecule has 2 aliphatic heterocycles. The molecule has 9 heteroatoms. The van der Waals surface area contributed by atoms with E-state index in [2.05, 4.69) is 0 Å². The molecule has 2 saturated heterocycles. The van der Waals surface area contributed by atoms with Crippen LogP contribution in [0.3, 0.4) is 0 Å².